The summed E-state index contributed by atoms with van der Waals surface area (Å²) in [6, 6.07) is 2.26. The topological polar surface area (TPSA) is 122 Å². The molecule has 0 aliphatic carbocycles. The lowest BCUT2D eigenvalue weighted by Gasteiger charge is -2.11. The molecule has 0 aliphatic rings. The summed E-state index contributed by atoms with van der Waals surface area (Å²) < 4.78 is 32.3. The third kappa shape index (κ3) is 2.66. The molecule has 0 atom stereocenters. The van der Waals surface area contributed by atoms with Gasteiger partial charge in [-0.05, 0) is 6.07 Å². The van der Waals surface area contributed by atoms with Gasteiger partial charge in [0.15, 0.2) is 0 Å². The van der Waals surface area contributed by atoms with Gasteiger partial charge in [-0.3, -0.25) is 4.79 Å². The van der Waals surface area contributed by atoms with E-state index in [1.807, 2.05) is 0 Å². The first-order chi connectivity index (χ1) is 7.81. The zero-order valence-electron chi connectivity index (χ0n) is 9.26. The minimum absolute atomic E-state index is 0.0191. The molecular formula is C9H12N2O5S. The molecule has 0 saturated heterocycles. The van der Waals surface area contributed by atoms with E-state index in [4.69, 9.17) is 20.3 Å². The van der Waals surface area contributed by atoms with Gasteiger partial charge in [-0.25, -0.2) is 13.6 Å². The maximum Gasteiger partial charge on any atom is 0.252 e. The fraction of sp³-hybridized carbons (Fsp3) is 0.222. The predicted octanol–water partition coefficient (Wildman–Crippen LogP) is -0.550. The van der Waals surface area contributed by atoms with Crippen LogP contribution in [-0.2, 0) is 10.0 Å². The second-order valence-corrected chi connectivity index (χ2v) is 4.64. The molecule has 4 N–H and O–H groups in total. The fourth-order valence-electron chi connectivity index (χ4n) is 1.28. The molecule has 1 aromatic rings. The van der Waals surface area contributed by atoms with Crippen LogP contribution in [0.3, 0.4) is 0 Å². The summed E-state index contributed by atoms with van der Waals surface area (Å²) in [5.74, 6) is -0.731. The second-order valence-electron chi connectivity index (χ2n) is 3.11. The third-order valence-corrected chi connectivity index (χ3v) is 2.99. The van der Waals surface area contributed by atoms with Crippen LogP contribution in [0.5, 0.6) is 11.5 Å². The molecule has 1 aromatic carbocycles. The molecule has 0 heterocycles. The number of primary amides is 1. The monoisotopic (exact) mass is 260 g/mol. The van der Waals surface area contributed by atoms with Crippen molar-refractivity contribution in [2.24, 2.45) is 10.9 Å². The molecule has 1 amide bonds. The molecular weight excluding hydrogens is 248 g/mol. The van der Waals surface area contributed by atoms with Crippen LogP contribution in [0.4, 0.5) is 0 Å². The third-order valence-electron chi connectivity index (χ3n) is 2.06. The number of hydrogen-bond donors (Lipinski definition) is 2. The summed E-state index contributed by atoms with van der Waals surface area (Å²) in [6.45, 7) is 0. The molecule has 0 radical (unpaired) electrons. The smallest absolute Gasteiger partial charge is 0.252 e. The number of rotatable bonds is 4. The first-order valence-electron chi connectivity index (χ1n) is 4.40. The van der Waals surface area contributed by atoms with E-state index in [1.54, 1.807) is 0 Å². The van der Waals surface area contributed by atoms with E-state index in [-0.39, 0.29) is 22.0 Å². The van der Waals surface area contributed by atoms with E-state index in [9.17, 15) is 13.2 Å². The number of amides is 1. The molecule has 8 heteroatoms. The molecule has 0 fully saturated rings. The van der Waals surface area contributed by atoms with Gasteiger partial charge in [0.25, 0.3) is 5.91 Å². The Bertz CT molecular complexity index is 553. The van der Waals surface area contributed by atoms with Gasteiger partial charge in [0.1, 0.15) is 16.4 Å². The average Bonchev–Trinajstić information content (AvgIpc) is 2.25. The molecule has 94 valence electrons. The van der Waals surface area contributed by atoms with Gasteiger partial charge in [0.2, 0.25) is 10.0 Å². The Morgan fingerprint density at radius 3 is 2.06 bits per heavy atom. The highest BCUT2D eigenvalue weighted by atomic mass is 32.2. The van der Waals surface area contributed by atoms with Crippen molar-refractivity contribution in [3.8, 4) is 11.5 Å². The van der Waals surface area contributed by atoms with Crippen molar-refractivity contribution < 1.29 is 22.7 Å². The number of methoxy groups -OCH3 is 2. The molecule has 7 nitrogen and oxygen atoms in total. The van der Waals surface area contributed by atoms with Crippen molar-refractivity contribution in [1.29, 1.82) is 0 Å². The predicted molar refractivity (Wildman–Crippen MR) is 59.4 cm³/mol. The van der Waals surface area contributed by atoms with Crippen LogP contribution in [0.1, 0.15) is 10.4 Å². The highest BCUT2D eigenvalue weighted by Gasteiger charge is 2.21. The molecule has 0 aliphatic heterocycles. The lowest BCUT2D eigenvalue weighted by molar-refractivity contribution is 0.0997. The van der Waals surface area contributed by atoms with Gasteiger partial charge >= 0.3 is 0 Å². The summed E-state index contributed by atoms with van der Waals surface area (Å²) in [4.78, 5) is 10.8. The Kier molecular flexibility index (Phi) is 3.59. The van der Waals surface area contributed by atoms with E-state index < -0.39 is 15.9 Å². The molecule has 0 spiro atoms. The van der Waals surface area contributed by atoms with Crippen molar-refractivity contribution in [3.05, 3.63) is 17.7 Å². The molecule has 0 saturated carbocycles. The van der Waals surface area contributed by atoms with Gasteiger partial charge in [0.05, 0.1) is 19.8 Å². The standard InChI is InChI=1S/C9H12N2O5S/c1-15-6-4-7(16-2)8(17(11,13)14)3-5(6)9(10)12/h3-4H,1-2H3,(H2,10,12)(H2,11,13,14). The molecule has 0 unspecified atom stereocenters. The SMILES string of the molecule is COc1cc(OC)c(S(N)(=O)=O)cc1C(N)=O. The number of ether oxygens (including phenoxy) is 2. The molecule has 0 aromatic heterocycles. The summed E-state index contributed by atoms with van der Waals surface area (Å²) in [6.07, 6.45) is 0. The van der Waals surface area contributed by atoms with Gasteiger partial charge in [-0.15, -0.1) is 0 Å². The summed E-state index contributed by atoms with van der Waals surface area (Å²) in [5.41, 5.74) is 5.01. The first kappa shape index (κ1) is 13.3. The Balaban J connectivity index is 3.62. The van der Waals surface area contributed by atoms with Gasteiger partial charge < -0.3 is 15.2 Å². The van der Waals surface area contributed by atoms with E-state index >= 15 is 0 Å². The van der Waals surface area contributed by atoms with Crippen molar-refractivity contribution in [2.75, 3.05) is 14.2 Å². The lowest BCUT2D eigenvalue weighted by Crippen LogP contribution is -2.17. The van der Waals surface area contributed by atoms with Crippen LogP contribution in [0.25, 0.3) is 0 Å². The van der Waals surface area contributed by atoms with Crippen LogP contribution in [0, 0.1) is 0 Å². The van der Waals surface area contributed by atoms with Crippen LogP contribution in [0.15, 0.2) is 17.0 Å². The van der Waals surface area contributed by atoms with Crippen LogP contribution >= 0.6 is 0 Å². The average molecular weight is 260 g/mol. The second kappa shape index (κ2) is 4.60. The number of hydrogen-bond acceptors (Lipinski definition) is 5. The Hall–Kier alpha value is -1.80. The zero-order valence-corrected chi connectivity index (χ0v) is 10.1. The maximum atomic E-state index is 11.3. The lowest BCUT2D eigenvalue weighted by atomic mass is 10.2. The van der Waals surface area contributed by atoms with Crippen LogP contribution < -0.4 is 20.3 Å². The maximum absolute atomic E-state index is 11.3. The van der Waals surface area contributed by atoms with E-state index in [2.05, 4.69) is 0 Å². The molecule has 17 heavy (non-hydrogen) atoms. The van der Waals surface area contributed by atoms with Crippen LogP contribution in [-0.4, -0.2) is 28.5 Å². The zero-order chi connectivity index (χ0) is 13.2. The van der Waals surface area contributed by atoms with Crippen LogP contribution in [0.2, 0.25) is 0 Å². The summed E-state index contributed by atoms with van der Waals surface area (Å²) in [5, 5.41) is 4.99. The summed E-state index contributed by atoms with van der Waals surface area (Å²) >= 11 is 0. The highest BCUT2D eigenvalue weighted by molar-refractivity contribution is 7.89. The summed E-state index contributed by atoms with van der Waals surface area (Å²) in [7, 11) is -1.43. The first-order valence-corrected chi connectivity index (χ1v) is 5.94. The van der Waals surface area contributed by atoms with E-state index in [0.717, 1.165) is 6.07 Å². The van der Waals surface area contributed by atoms with Crippen molar-refractivity contribution in [1.82, 2.24) is 0 Å². The van der Waals surface area contributed by atoms with Gasteiger partial charge in [-0.2, -0.15) is 0 Å². The quantitative estimate of drug-likeness (QED) is 0.752. The fourth-order valence-corrected chi connectivity index (χ4v) is 1.99. The van der Waals surface area contributed by atoms with Gasteiger partial charge in [0, 0.05) is 6.07 Å². The number of sulfonamides is 1. The highest BCUT2D eigenvalue weighted by Crippen LogP contribution is 2.31. The normalized spacial score (nSPS) is 11.0. The number of carbonyl (C=O) groups excluding carboxylic acids is 1. The minimum Gasteiger partial charge on any atom is -0.496 e. The Morgan fingerprint density at radius 1 is 1.18 bits per heavy atom. The largest absolute Gasteiger partial charge is 0.496 e. The van der Waals surface area contributed by atoms with E-state index in [0.29, 0.717) is 0 Å². The van der Waals surface area contributed by atoms with E-state index in [1.165, 1.54) is 20.3 Å². The number of nitrogens with two attached hydrogens (primary N) is 2. The molecule has 1 rings (SSSR count). The minimum atomic E-state index is -4.01. The number of benzene rings is 1. The Morgan fingerprint density at radius 2 is 1.71 bits per heavy atom. The number of carbonyl (C=O) groups is 1. The molecule has 0 bridgehead atoms. The van der Waals surface area contributed by atoms with Crippen molar-refractivity contribution in [2.45, 2.75) is 4.90 Å². The Labute approximate surface area is 98.4 Å². The van der Waals surface area contributed by atoms with Crippen molar-refractivity contribution >= 4 is 15.9 Å². The van der Waals surface area contributed by atoms with Crippen molar-refractivity contribution in [3.63, 3.8) is 0 Å². The van der Waals surface area contributed by atoms with Gasteiger partial charge in [-0.1, -0.05) is 0 Å². The number of primary sulfonamides is 1.